The number of nitrogens with two attached hydrogens (primary N) is 1. The van der Waals surface area contributed by atoms with Gasteiger partial charge in [-0.25, -0.2) is 13.1 Å². The highest BCUT2D eigenvalue weighted by atomic mass is 32.2. The Balaban J connectivity index is 1.70. The van der Waals surface area contributed by atoms with Crippen molar-refractivity contribution in [3.8, 4) is 0 Å². The number of rotatable bonds is 10. The number of nitrogen functional groups attached to an aromatic ring is 1. The number of amidine groups is 1. The fraction of sp³-hybridized carbons (Fsp3) is 0.375. The molecule has 1 saturated heterocycles. The van der Waals surface area contributed by atoms with Gasteiger partial charge in [0, 0.05) is 18.7 Å². The molecule has 2 aromatic rings. The Hall–Kier alpha value is -3.24. The van der Waals surface area contributed by atoms with Gasteiger partial charge in [0.2, 0.25) is 21.8 Å². The zero-order valence-electron chi connectivity index (χ0n) is 19.2. The summed E-state index contributed by atoms with van der Waals surface area (Å²) in [6.45, 7) is 2.18. The van der Waals surface area contributed by atoms with Crippen LogP contribution >= 0.6 is 0 Å². The Kier molecular flexibility index (Phi) is 8.41. The molecule has 2 aromatic carbocycles. The molecule has 10 heteroatoms. The molecule has 9 nitrogen and oxygen atoms in total. The Morgan fingerprint density at radius 3 is 2.41 bits per heavy atom. The number of amides is 2. The van der Waals surface area contributed by atoms with Crippen LogP contribution in [0.15, 0.2) is 54.6 Å². The van der Waals surface area contributed by atoms with E-state index in [-0.39, 0.29) is 30.5 Å². The summed E-state index contributed by atoms with van der Waals surface area (Å²) in [6, 6.07) is 14.5. The van der Waals surface area contributed by atoms with Crippen LogP contribution in [-0.4, -0.2) is 55.3 Å². The number of nitrogens with zero attached hydrogens (tertiary/aromatic N) is 1. The van der Waals surface area contributed by atoms with Crippen molar-refractivity contribution in [1.82, 2.24) is 14.9 Å². The fourth-order valence-electron chi connectivity index (χ4n) is 3.94. The smallest absolute Gasteiger partial charge is 0.243 e. The zero-order chi connectivity index (χ0) is 24.7. The summed E-state index contributed by atoms with van der Waals surface area (Å²) in [7, 11) is -3.63. The number of hydrogen-bond acceptors (Lipinski definition) is 5. The molecule has 5 N–H and O–H groups in total. The molecule has 0 aliphatic carbocycles. The van der Waals surface area contributed by atoms with Gasteiger partial charge in [-0.1, -0.05) is 54.6 Å². The summed E-state index contributed by atoms with van der Waals surface area (Å²) in [5.74, 6) is -0.847. The molecule has 0 spiro atoms. The van der Waals surface area contributed by atoms with Gasteiger partial charge in [0.1, 0.15) is 17.9 Å². The molecule has 1 fully saturated rings. The van der Waals surface area contributed by atoms with E-state index in [0.717, 1.165) is 11.1 Å². The Bertz CT molecular complexity index is 1120. The van der Waals surface area contributed by atoms with Crippen LogP contribution in [0.4, 0.5) is 0 Å². The highest BCUT2D eigenvalue weighted by molar-refractivity contribution is 7.89. The minimum absolute atomic E-state index is 0.0283. The topological polar surface area (TPSA) is 145 Å². The fourth-order valence-corrected chi connectivity index (χ4v) is 4.73. The van der Waals surface area contributed by atoms with Gasteiger partial charge in [-0.2, -0.15) is 0 Å². The average molecular weight is 486 g/mol. The van der Waals surface area contributed by atoms with Gasteiger partial charge in [0.25, 0.3) is 0 Å². The van der Waals surface area contributed by atoms with E-state index in [9.17, 15) is 18.0 Å². The van der Waals surface area contributed by atoms with Gasteiger partial charge in [0.05, 0.1) is 5.75 Å². The number of sulfonamides is 1. The molecule has 0 unspecified atom stereocenters. The quantitative estimate of drug-likeness (QED) is 0.294. The lowest BCUT2D eigenvalue weighted by Crippen LogP contribution is -2.54. The van der Waals surface area contributed by atoms with Crippen molar-refractivity contribution in [3.05, 3.63) is 71.3 Å². The zero-order valence-corrected chi connectivity index (χ0v) is 20.0. The largest absolute Gasteiger partial charge is 0.384 e. The third-order valence-corrected chi connectivity index (χ3v) is 7.26. The summed E-state index contributed by atoms with van der Waals surface area (Å²) in [4.78, 5) is 27.8. The normalized spacial score (nSPS) is 16.7. The second-order valence-corrected chi connectivity index (χ2v) is 10.3. The number of hydrogen-bond donors (Lipinski definition) is 4. The summed E-state index contributed by atoms with van der Waals surface area (Å²) in [5, 5.41) is 10.3. The van der Waals surface area contributed by atoms with Crippen LogP contribution in [0.25, 0.3) is 0 Å². The summed E-state index contributed by atoms with van der Waals surface area (Å²) >= 11 is 0. The minimum Gasteiger partial charge on any atom is -0.384 e. The second kappa shape index (κ2) is 11.3. The molecular formula is C24H31N5O4S. The Morgan fingerprint density at radius 2 is 1.79 bits per heavy atom. The molecule has 0 radical (unpaired) electrons. The maximum Gasteiger partial charge on any atom is 0.243 e. The van der Waals surface area contributed by atoms with Gasteiger partial charge >= 0.3 is 0 Å². The van der Waals surface area contributed by atoms with Gasteiger partial charge in [-0.3, -0.25) is 15.0 Å². The first-order chi connectivity index (χ1) is 16.2. The van der Waals surface area contributed by atoms with Crippen LogP contribution in [0.2, 0.25) is 0 Å². The molecule has 2 atom stereocenters. The third-order valence-electron chi connectivity index (χ3n) is 5.85. The molecule has 1 aliphatic rings. The Morgan fingerprint density at radius 1 is 1.12 bits per heavy atom. The average Bonchev–Trinajstić information content (AvgIpc) is 3.32. The van der Waals surface area contributed by atoms with E-state index in [0.29, 0.717) is 24.9 Å². The number of likely N-dealkylation sites (tertiary alicyclic amines) is 1. The van der Waals surface area contributed by atoms with E-state index in [1.165, 1.54) is 11.8 Å². The van der Waals surface area contributed by atoms with Crippen LogP contribution in [-0.2, 0) is 32.6 Å². The summed E-state index contributed by atoms with van der Waals surface area (Å²) < 4.78 is 27.1. The Labute approximate surface area is 200 Å². The van der Waals surface area contributed by atoms with E-state index in [4.69, 9.17) is 11.1 Å². The summed E-state index contributed by atoms with van der Waals surface area (Å²) in [5.41, 5.74) is 7.73. The van der Waals surface area contributed by atoms with E-state index < -0.39 is 28.0 Å². The first kappa shape index (κ1) is 25.4. The standard InChI is InChI=1S/C24H31N5O4S/c1-2-34(32,33)28-20(15-17-7-4-3-5-8-17)24(31)29-14-6-9-21(29)23(30)27-16-18-10-12-19(13-11-18)22(25)26/h3-5,7-8,10-13,20-21,28H,2,6,9,14-16H2,1H3,(H3,25,26)(H,27,30)/t20-,21+/m1/s1. The summed E-state index contributed by atoms with van der Waals surface area (Å²) in [6.07, 6.45) is 1.38. The number of nitrogens with one attached hydrogen (secondary N) is 3. The van der Waals surface area contributed by atoms with Crippen LogP contribution in [0, 0.1) is 5.41 Å². The van der Waals surface area contributed by atoms with Gasteiger partial charge < -0.3 is 16.0 Å². The lowest BCUT2D eigenvalue weighted by molar-refractivity contribution is -0.139. The molecule has 0 saturated carbocycles. The predicted octanol–water partition coefficient (Wildman–Crippen LogP) is 1.13. The van der Waals surface area contributed by atoms with Crippen LogP contribution in [0.5, 0.6) is 0 Å². The van der Waals surface area contributed by atoms with Crippen molar-refractivity contribution < 1.29 is 18.0 Å². The van der Waals surface area contributed by atoms with Crippen molar-refractivity contribution in [2.24, 2.45) is 5.73 Å². The molecule has 1 heterocycles. The van der Waals surface area contributed by atoms with Crippen molar-refractivity contribution in [2.75, 3.05) is 12.3 Å². The van der Waals surface area contributed by atoms with Crippen LogP contribution in [0.1, 0.15) is 36.5 Å². The highest BCUT2D eigenvalue weighted by Crippen LogP contribution is 2.20. The molecule has 182 valence electrons. The van der Waals surface area contributed by atoms with Crippen molar-refractivity contribution in [3.63, 3.8) is 0 Å². The van der Waals surface area contributed by atoms with Crippen LogP contribution < -0.4 is 15.8 Å². The van der Waals surface area contributed by atoms with E-state index in [1.807, 2.05) is 30.3 Å². The number of carbonyl (C=O) groups is 2. The van der Waals surface area contributed by atoms with Gasteiger partial charge in [-0.05, 0) is 37.3 Å². The monoisotopic (exact) mass is 485 g/mol. The SMILES string of the molecule is CCS(=O)(=O)N[C@H](Cc1ccccc1)C(=O)N1CCC[C@H]1C(=O)NCc1ccc(C(=N)N)cc1. The molecule has 3 rings (SSSR count). The van der Waals surface area contributed by atoms with Crippen molar-refractivity contribution in [2.45, 2.75) is 44.8 Å². The lowest BCUT2D eigenvalue weighted by atomic mass is 10.0. The van der Waals surface area contributed by atoms with E-state index >= 15 is 0 Å². The molecule has 34 heavy (non-hydrogen) atoms. The number of carbonyl (C=O) groups excluding carboxylic acids is 2. The van der Waals surface area contributed by atoms with Crippen molar-refractivity contribution >= 4 is 27.7 Å². The van der Waals surface area contributed by atoms with E-state index in [1.54, 1.807) is 24.3 Å². The molecule has 0 bridgehead atoms. The first-order valence-corrected chi connectivity index (χ1v) is 12.9. The van der Waals surface area contributed by atoms with Crippen LogP contribution in [0.3, 0.4) is 0 Å². The maximum atomic E-state index is 13.4. The molecule has 2 amide bonds. The highest BCUT2D eigenvalue weighted by Gasteiger charge is 2.38. The molecular weight excluding hydrogens is 454 g/mol. The van der Waals surface area contributed by atoms with Gasteiger partial charge in [0.15, 0.2) is 0 Å². The van der Waals surface area contributed by atoms with E-state index in [2.05, 4.69) is 10.0 Å². The second-order valence-electron chi connectivity index (χ2n) is 8.28. The number of benzene rings is 2. The first-order valence-electron chi connectivity index (χ1n) is 11.3. The minimum atomic E-state index is -3.63. The van der Waals surface area contributed by atoms with Crippen molar-refractivity contribution in [1.29, 1.82) is 5.41 Å². The third kappa shape index (κ3) is 6.64. The lowest BCUT2D eigenvalue weighted by Gasteiger charge is -2.28. The molecule has 1 aliphatic heterocycles. The molecule has 0 aromatic heterocycles. The maximum absolute atomic E-state index is 13.4. The van der Waals surface area contributed by atoms with Gasteiger partial charge in [-0.15, -0.1) is 0 Å². The predicted molar refractivity (Wildman–Crippen MR) is 131 cm³/mol.